The summed E-state index contributed by atoms with van der Waals surface area (Å²) in [6.07, 6.45) is 0.807. The van der Waals surface area contributed by atoms with Crippen molar-refractivity contribution in [3.8, 4) is 0 Å². The van der Waals surface area contributed by atoms with Gasteiger partial charge in [-0.1, -0.05) is 6.07 Å². The molecule has 0 aliphatic carbocycles. The number of hydrogen-bond donors (Lipinski definition) is 1. The van der Waals surface area contributed by atoms with Crippen LogP contribution in [0.15, 0.2) is 12.1 Å². The Labute approximate surface area is 87.1 Å². The fourth-order valence-electron chi connectivity index (χ4n) is 1.22. The molecule has 0 atom stereocenters. The minimum absolute atomic E-state index is 0.160. The van der Waals surface area contributed by atoms with E-state index in [1.165, 1.54) is 6.07 Å². The third kappa shape index (κ3) is 3.23. The second-order valence-electron chi connectivity index (χ2n) is 4.32. The molecule has 0 unspecified atom stereocenters. The SMILES string of the molecule is CC(C)(N)CCc1ccc(F)c(F)c1F. The second kappa shape index (κ2) is 4.23. The van der Waals surface area contributed by atoms with E-state index in [1.807, 2.05) is 0 Å². The lowest BCUT2D eigenvalue weighted by Crippen LogP contribution is -2.32. The van der Waals surface area contributed by atoms with Gasteiger partial charge in [-0.15, -0.1) is 0 Å². The van der Waals surface area contributed by atoms with E-state index < -0.39 is 23.0 Å². The lowest BCUT2D eigenvalue weighted by molar-refractivity contribution is 0.430. The van der Waals surface area contributed by atoms with Gasteiger partial charge in [-0.2, -0.15) is 0 Å². The van der Waals surface area contributed by atoms with Crippen LogP contribution in [0, 0.1) is 17.5 Å². The predicted molar refractivity (Wildman–Crippen MR) is 52.9 cm³/mol. The minimum Gasteiger partial charge on any atom is -0.326 e. The van der Waals surface area contributed by atoms with E-state index in [0.717, 1.165) is 6.07 Å². The van der Waals surface area contributed by atoms with Crippen molar-refractivity contribution < 1.29 is 13.2 Å². The third-order valence-corrected chi connectivity index (χ3v) is 2.15. The average molecular weight is 217 g/mol. The summed E-state index contributed by atoms with van der Waals surface area (Å²) >= 11 is 0. The smallest absolute Gasteiger partial charge is 0.194 e. The summed E-state index contributed by atoms with van der Waals surface area (Å²) in [7, 11) is 0. The first kappa shape index (κ1) is 12.0. The number of rotatable bonds is 3. The minimum atomic E-state index is -1.41. The molecule has 0 aliphatic rings. The highest BCUT2D eigenvalue weighted by atomic mass is 19.2. The van der Waals surface area contributed by atoms with Crippen LogP contribution in [0.2, 0.25) is 0 Å². The zero-order valence-electron chi connectivity index (χ0n) is 8.78. The highest BCUT2D eigenvalue weighted by Gasteiger charge is 2.16. The quantitative estimate of drug-likeness (QED) is 0.774. The van der Waals surface area contributed by atoms with Crippen LogP contribution >= 0.6 is 0 Å². The number of nitrogens with two attached hydrogens (primary N) is 1. The van der Waals surface area contributed by atoms with Crippen molar-refractivity contribution in [1.29, 1.82) is 0 Å². The van der Waals surface area contributed by atoms with E-state index in [-0.39, 0.29) is 5.56 Å². The molecule has 0 aliphatic heterocycles. The molecule has 0 spiro atoms. The topological polar surface area (TPSA) is 26.0 Å². The Hall–Kier alpha value is -1.03. The maximum absolute atomic E-state index is 13.2. The first-order valence-electron chi connectivity index (χ1n) is 4.72. The van der Waals surface area contributed by atoms with Crippen LogP contribution in [0.1, 0.15) is 25.8 Å². The van der Waals surface area contributed by atoms with Gasteiger partial charge >= 0.3 is 0 Å². The zero-order valence-corrected chi connectivity index (χ0v) is 8.78. The number of halogens is 3. The van der Waals surface area contributed by atoms with Gasteiger partial charge in [0.2, 0.25) is 0 Å². The summed E-state index contributed by atoms with van der Waals surface area (Å²) in [5.74, 6) is -3.69. The normalized spacial score (nSPS) is 11.9. The Morgan fingerprint density at radius 3 is 2.27 bits per heavy atom. The largest absolute Gasteiger partial charge is 0.326 e. The Bertz CT molecular complexity index is 356. The van der Waals surface area contributed by atoms with E-state index in [2.05, 4.69) is 0 Å². The van der Waals surface area contributed by atoms with Gasteiger partial charge < -0.3 is 5.73 Å². The first-order valence-corrected chi connectivity index (χ1v) is 4.72. The van der Waals surface area contributed by atoms with E-state index in [9.17, 15) is 13.2 Å². The van der Waals surface area contributed by atoms with Gasteiger partial charge in [-0.3, -0.25) is 0 Å². The van der Waals surface area contributed by atoms with Crippen molar-refractivity contribution in [1.82, 2.24) is 0 Å². The van der Waals surface area contributed by atoms with Crippen LogP contribution in [0.5, 0.6) is 0 Å². The Morgan fingerprint density at radius 2 is 1.73 bits per heavy atom. The molecular weight excluding hydrogens is 203 g/mol. The van der Waals surface area contributed by atoms with Crippen LogP contribution in [-0.4, -0.2) is 5.54 Å². The fourth-order valence-corrected chi connectivity index (χ4v) is 1.22. The summed E-state index contributed by atoms with van der Waals surface area (Å²) in [5.41, 5.74) is 5.42. The van der Waals surface area contributed by atoms with Crippen LogP contribution < -0.4 is 5.73 Å². The van der Waals surface area contributed by atoms with Crippen molar-refractivity contribution in [3.05, 3.63) is 35.1 Å². The van der Waals surface area contributed by atoms with Crippen molar-refractivity contribution >= 4 is 0 Å². The van der Waals surface area contributed by atoms with Gasteiger partial charge in [0.25, 0.3) is 0 Å². The summed E-state index contributed by atoms with van der Waals surface area (Å²) in [6, 6.07) is 2.18. The molecule has 15 heavy (non-hydrogen) atoms. The number of benzene rings is 1. The van der Waals surface area contributed by atoms with Crippen molar-refractivity contribution in [2.45, 2.75) is 32.2 Å². The molecule has 0 fully saturated rings. The first-order chi connectivity index (χ1) is 6.81. The molecule has 0 saturated heterocycles. The molecule has 1 aromatic carbocycles. The third-order valence-electron chi connectivity index (χ3n) is 2.15. The highest BCUT2D eigenvalue weighted by Crippen LogP contribution is 2.18. The number of aryl methyl sites for hydroxylation is 1. The lowest BCUT2D eigenvalue weighted by atomic mass is 9.96. The molecule has 0 aromatic heterocycles. The lowest BCUT2D eigenvalue weighted by Gasteiger charge is -2.18. The molecular formula is C11H14F3N. The van der Waals surface area contributed by atoms with Gasteiger partial charge in [0.05, 0.1) is 0 Å². The molecule has 1 rings (SSSR count). The summed E-state index contributed by atoms with van der Waals surface area (Å²) in [6.45, 7) is 3.59. The van der Waals surface area contributed by atoms with Crippen LogP contribution in [0.4, 0.5) is 13.2 Å². The summed E-state index contributed by atoms with van der Waals surface area (Å²) < 4.78 is 38.6. The molecule has 4 heteroatoms. The molecule has 0 radical (unpaired) electrons. The number of hydrogen-bond acceptors (Lipinski definition) is 1. The Balaban J connectivity index is 2.83. The average Bonchev–Trinajstić information content (AvgIpc) is 2.12. The maximum atomic E-state index is 13.2. The van der Waals surface area contributed by atoms with E-state index >= 15 is 0 Å². The Morgan fingerprint density at radius 1 is 1.13 bits per heavy atom. The Kier molecular flexibility index (Phi) is 3.39. The molecule has 0 saturated carbocycles. The van der Waals surface area contributed by atoms with Crippen molar-refractivity contribution in [2.75, 3.05) is 0 Å². The fraction of sp³-hybridized carbons (Fsp3) is 0.455. The predicted octanol–water partition coefficient (Wildman–Crippen LogP) is 2.77. The van der Waals surface area contributed by atoms with Gasteiger partial charge in [0.1, 0.15) is 0 Å². The van der Waals surface area contributed by atoms with Gasteiger partial charge in [0, 0.05) is 5.54 Å². The van der Waals surface area contributed by atoms with Crippen molar-refractivity contribution in [3.63, 3.8) is 0 Å². The highest BCUT2D eigenvalue weighted by molar-refractivity contribution is 5.20. The van der Waals surface area contributed by atoms with E-state index in [4.69, 9.17) is 5.73 Å². The van der Waals surface area contributed by atoms with Crippen molar-refractivity contribution in [2.24, 2.45) is 5.73 Å². The van der Waals surface area contributed by atoms with Gasteiger partial charge in [-0.05, 0) is 38.3 Å². The molecule has 1 aromatic rings. The molecule has 0 heterocycles. The second-order valence-corrected chi connectivity index (χ2v) is 4.32. The van der Waals surface area contributed by atoms with E-state index in [0.29, 0.717) is 12.8 Å². The van der Waals surface area contributed by atoms with E-state index in [1.54, 1.807) is 13.8 Å². The standard InChI is InChI=1S/C11H14F3N/c1-11(2,15)6-5-7-3-4-8(12)10(14)9(7)13/h3-4H,5-6,15H2,1-2H3. The molecule has 0 amide bonds. The maximum Gasteiger partial charge on any atom is 0.194 e. The summed E-state index contributed by atoms with van der Waals surface area (Å²) in [5, 5.41) is 0. The van der Waals surface area contributed by atoms with Gasteiger partial charge in [0.15, 0.2) is 17.5 Å². The van der Waals surface area contributed by atoms with Gasteiger partial charge in [-0.25, -0.2) is 13.2 Å². The molecule has 0 bridgehead atoms. The summed E-state index contributed by atoms with van der Waals surface area (Å²) in [4.78, 5) is 0. The zero-order chi connectivity index (χ0) is 11.6. The van der Waals surface area contributed by atoms with Crippen LogP contribution in [0.25, 0.3) is 0 Å². The monoisotopic (exact) mass is 217 g/mol. The molecule has 84 valence electrons. The molecule has 1 nitrogen and oxygen atoms in total. The van der Waals surface area contributed by atoms with Crippen LogP contribution in [0.3, 0.4) is 0 Å². The molecule has 2 N–H and O–H groups in total. The van der Waals surface area contributed by atoms with Crippen LogP contribution in [-0.2, 0) is 6.42 Å².